The van der Waals surface area contributed by atoms with Crippen molar-refractivity contribution >= 4 is 39.1 Å². The van der Waals surface area contributed by atoms with Crippen LogP contribution in [0.25, 0.3) is 0 Å². The van der Waals surface area contributed by atoms with Crippen LogP contribution in [-0.2, 0) is 14.4 Å². The van der Waals surface area contributed by atoms with Gasteiger partial charge in [0.1, 0.15) is 11.7 Å². The average Bonchev–Trinajstić information content (AvgIpc) is 3.31. The van der Waals surface area contributed by atoms with Gasteiger partial charge in [0.05, 0.1) is 24.5 Å². The molecule has 2 aliphatic rings. The van der Waals surface area contributed by atoms with Crippen LogP contribution in [0.2, 0.25) is 0 Å². The third-order valence-electron chi connectivity index (χ3n) is 5.65. The lowest BCUT2D eigenvalue weighted by atomic mass is 9.90. The largest absolute Gasteiger partial charge is 0.497 e. The van der Waals surface area contributed by atoms with E-state index in [0.29, 0.717) is 11.4 Å². The molecule has 2 heterocycles. The summed E-state index contributed by atoms with van der Waals surface area (Å²) in [7, 11) is 1.57. The van der Waals surface area contributed by atoms with Crippen LogP contribution in [0.5, 0.6) is 5.75 Å². The Kier molecular flexibility index (Phi) is 5.00. The quantitative estimate of drug-likeness (QED) is 0.516. The molecule has 2 saturated heterocycles. The van der Waals surface area contributed by atoms with E-state index in [1.807, 2.05) is 54.6 Å². The van der Waals surface area contributed by atoms with Crippen LogP contribution in [0.3, 0.4) is 0 Å². The van der Waals surface area contributed by atoms with Gasteiger partial charge in [-0.25, -0.2) is 9.96 Å². The van der Waals surface area contributed by atoms with Crippen molar-refractivity contribution in [3.8, 4) is 5.75 Å². The molecule has 7 heteroatoms. The third-order valence-corrected chi connectivity index (χ3v) is 6.14. The number of methoxy groups -OCH3 is 1. The van der Waals surface area contributed by atoms with Gasteiger partial charge < -0.3 is 4.74 Å². The molecular weight excluding hydrogens is 460 g/mol. The maximum atomic E-state index is 13.6. The van der Waals surface area contributed by atoms with E-state index in [1.54, 1.807) is 36.4 Å². The number of hydrogen-bond acceptors (Lipinski definition) is 5. The molecule has 0 bridgehead atoms. The van der Waals surface area contributed by atoms with Crippen molar-refractivity contribution in [2.75, 3.05) is 17.1 Å². The summed E-state index contributed by atoms with van der Waals surface area (Å²) >= 11 is 3.51. The predicted molar refractivity (Wildman–Crippen MR) is 120 cm³/mol. The Balaban J connectivity index is 1.57. The van der Waals surface area contributed by atoms with E-state index in [0.717, 1.165) is 15.7 Å². The van der Waals surface area contributed by atoms with Gasteiger partial charge in [0.25, 0.3) is 5.91 Å². The molecule has 6 nitrogen and oxygen atoms in total. The number of hydroxylamine groups is 1. The summed E-state index contributed by atoms with van der Waals surface area (Å²) in [6.45, 7) is 0. The number of para-hydroxylation sites is 1. The van der Waals surface area contributed by atoms with Crippen molar-refractivity contribution in [3.63, 3.8) is 0 Å². The maximum Gasteiger partial charge on any atom is 0.266 e. The first-order valence-corrected chi connectivity index (χ1v) is 10.7. The molecular formula is C24H19BrN2O4. The summed E-state index contributed by atoms with van der Waals surface area (Å²) < 4.78 is 6.08. The smallest absolute Gasteiger partial charge is 0.266 e. The first-order chi connectivity index (χ1) is 15.1. The molecule has 0 aromatic heterocycles. The van der Waals surface area contributed by atoms with E-state index >= 15 is 0 Å². The highest BCUT2D eigenvalue weighted by Gasteiger charge is 2.60. The van der Waals surface area contributed by atoms with Gasteiger partial charge in [-0.2, -0.15) is 0 Å². The van der Waals surface area contributed by atoms with E-state index in [-0.39, 0.29) is 11.8 Å². The molecule has 5 rings (SSSR count). The van der Waals surface area contributed by atoms with Crippen LogP contribution < -0.4 is 14.7 Å². The second kappa shape index (κ2) is 7.83. The van der Waals surface area contributed by atoms with Crippen LogP contribution in [0, 0.1) is 5.92 Å². The normalized spacial score (nSPS) is 22.7. The number of carbonyl (C=O) groups is 2. The van der Waals surface area contributed by atoms with Gasteiger partial charge in [-0.3, -0.25) is 14.4 Å². The summed E-state index contributed by atoms with van der Waals surface area (Å²) in [6, 6.07) is 23.7. The molecule has 3 aromatic carbocycles. The fourth-order valence-corrected chi connectivity index (χ4v) is 4.65. The molecule has 156 valence electrons. The lowest BCUT2D eigenvalue weighted by Gasteiger charge is -2.28. The number of amides is 2. The molecule has 0 aliphatic carbocycles. The molecule has 31 heavy (non-hydrogen) atoms. The van der Waals surface area contributed by atoms with E-state index in [9.17, 15) is 9.59 Å². The molecule has 2 aliphatic heterocycles. The van der Waals surface area contributed by atoms with Crippen molar-refractivity contribution < 1.29 is 19.2 Å². The second-order valence-electron chi connectivity index (χ2n) is 7.42. The van der Waals surface area contributed by atoms with Crippen LogP contribution in [0.15, 0.2) is 83.3 Å². The number of imide groups is 1. The Hall–Kier alpha value is -3.16. The van der Waals surface area contributed by atoms with Crippen molar-refractivity contribution in [1.29, 1.82) is 0 Å². The lowest BCUT2D eigenvalue weighted by molar-refractivity contribution is -0.126. The van der Waals surface area contributed by atoms with Crippen LogP contribution in [0.1, 0.15) is 11.6 Å². The van der Waals surface area contributed by atoms with E-state index in [1.165, 1.54) is 4.90 Å². The third kappa shape index (κ3) is 3.30. The highest BCUT2D eigenvalue weighted by atomic mass is 79.9. The Bertz CT molecular complexity index is 1140. The van der Waals surface area contributed by atoms with Crippen molar-refractivity contribution in [3.05, 3.63) is 88.9 Å². The van der Waals surface area contributed by atoms with Crippen molar-refractivity contribution in [2.45, 2.75) is 12.1 Å². The summed E-state index contributed by atoms with van der Waals surface area (Å²) in [6.07, 6.45) is -0.890. The molecule has 0 radical (unpaired) electrons. The zero-order valence-electron chi connectivity index (χ0n) is 16.6. The fraction of sp³-hybridized carbons (Fsp3) is 0.167. The minimum atomic E-state index is -0.890. The number of ether oxygens (including phenoxy) is 1. The number of rotatable bonds is 4. The first kappa shape index (κ1) is 19.8. The second-order valence-corrected chi connectivity index (χ2v) is 8.34. The molecule has 0 unspecified atom stereocenters. The molecule has 3 aromatic rings. The minimum Gasteiger partial charge on any atom is -0.497 e. The SMILES string of the molecule is COc1ccc(N2C(=O)[C@H]3[C@@H](c4cccc(Br)c4)N(c4ccccc4)O[C@H]3C2=O)cc1. The number of benzene rings is 3. The summed E-state index contributed by atoms with van der Waals surface area (Å²) in [5.74, 6) is -0.646. The number of nitrogens with zero attached hydrogens (tertiary/aromatic N) is 2. The van der Waals surface area contributed by atoms with Gasteiger partial charge in [0.15, 0.2) is 6.10 Å². The van der Waals surface area contributed by atoms with Crippen molar-refractivity contribution in [2.24, 2.45) is 5.92 Å². The lowest BCUT2D eigenvalue weighted by Crippen LogP contribution is -2.37. The minimum absolute atomic E-state index is 0.274. The summed E-state index contributed by atoms with van der Waals surface area (Å²) in [5, 5.41) is 1.69. The maximum absolute atomic E-state index is 13.6. The standard InChI is InChI=1S/C24H19BrN2O4/c1-30-19-12-10-17(11-13-19)26-23(28)20-21(15-6-5-7-16(25)14-15)27(31-22(20)24(26)29)18-8-3-2-4-9-18/h2-14,20-22H,1H3/t20-,21+,22+/m0/s1. The van der Waals surface area contributed by atoms with E-state index in [2.05, 4.69) is 15.9 Å². The number of fused-ring (bicyclic) bond motifs is 1. The molecule has 2 amide bonds. The van der Waals surface area contributed by atoms with Gasteiger partial charge in [-0.05, 0) is 54.1 Å². The number of anilines is 2. The molecule has 3 atom stereocenters. The van der Waals surface area contributed by atoms with Crippen LogP contribution in [0.4, 0.5) is 11.4 Å². The molecule has 0 spiro atoms. The Morgan fingerprint density at radius 2 is 1.61 bits per heavy atom. The van der Waals surface area contributed by atoms with Gasteiger partial charge in [-0.15, -0.1) is 0 Å². The zero-order valence-corrected chi connectivity index (χ0v) is 18.2. The van der Waals surface area contributed by atoms with Gasteiger partial charge in [0.2, 0.25) is 5.91 Å². The van der Waals surface area contributed by atoms with Crippen molar-refractivity contribution in [1.82, 2.24) is 0 Å². The average molecular weight is 479 g/mol. The number of carbonyl (C=O) groups excluding carboxylic acids is 2. The topological polar surface area (TPSA) is 59.1 Å². The fourth-order valence-electron chi connectivity index (χ4n) is 4.23. The highest BCUT2D eigenvalue weighted by molar-refractivity contribution is 9.10. The number of hydrogen-bond donors (Lipinski definition) is 0. The highest BCUT2D eigenvalue weighted by Crippen LogP contribution is 2.47. The predicted octanol–water partition coefficient (Wildman–Crippen LogP) is 4.51. The van der Waals surface area contributed by atoms with Gasteiger partial charge >= 0.3 is 0 Å². The Morgan fingerprint density at radius 1 is 0.871 bits per heavy atom. The Labute approximate surface area is 188 Å². The summed E-state index contributed by atoms with van der Waals surface area (Å²) in [4.78, 5) is 34.2. The summed E-state index contributed by atoms with van der Waals surface area (Å²) in [5.41, 5.74) is 2.19. The molecule has 2 fully saturated rings. The Morgan fingerprint density at radius 3 is 2.29 bits per heavy atom. The van der Waals surface area contributed by atoms with E-state index in [4.69, 9.17) is 9.57 Å². The monoisotopic (exact) mass is 478 g/mol. The van der Waals surface area contributed by atoms with E-state index < -0.39 is 18.1 Å². The molecule has 0 N–H and O–H groups in total. The van der Waals surface area contributed by atoms with Crippen LogP contribution >= 0.6 is 15.9 Å². The van der Waals surface area contributed by atoms with Gasteiger partial charge in [-0.1, -0.05) is 46.3 Å². The first-order valence-electron chi connectivity index (χ1n) is 9.87. The van der Waals surface area contributed by atoms with Crippen LogP contribution in [-0.4, -0.2) is 25.0 Å². The zero-order chi connectivity index (χ0) is 21.5. The molecule has 0 saturated carbocycles. The number of halogens is 1. The van der Waals surface area contributed by atoms with Gasteiger partial charge in [0, 0.05) is 4.47 Å².